The van der Waals surface area contributed by atoms with E-state index in [2.05, 4.69) is 22.1 Å². The lowest BCUT2D eigenvalue weighted by Crippen LogP contribution is -2.22. The molecule has 4 nitrogen and oxygen atoms in total. The molecule has 1 aromatic carbocycles. The van der Waals surface area contributed by atoms with E-state index < -0.39 is 0 Å². The molecule has 1 N–H and O–H groups in total. The Labute approximate surface area is 153 Å². The number of nitrogens with one attached hydrogen (secondary N) is 1. The third-order valence-electron chi connectivity index (χ3n) is 3.99. The van der Waals surface area contributed by atoms with Gasteiger partial charge in [-0.15, -0.1) is 11.3 Å². The van der Waals surface area contributed by atoms with Crippen LogP contribution in [0.3, 0.4) is 0 Å². The fourth-order valence-corrected chi connectivity index (χ4v) is 4.17. The second kappa shape index (κ2) is 6.74. The molecular weight excluding hydrogens is 350 g/mol. The molecule has 0 radical (unpaired) electrons. The first-order valence-electron chi connectivity index (χ1n) is 7.90. The normalized spacial score (nSPS) is 11.0. The summed E-state index contributed by atoms with van der Waals surface area (Å²) in [6, 6.07) is 17.8. The number of nitrogens with zero attached hydrogens (tertiary/aromatic N) is 2. The summed E-state index contributed by atoms with van der Waals surface area (Å²) in [5, 5.41) is 0.681. The van der Waals surface area contributed by atoms with E-state index >= 15 is 0 Å². The molecule has 0 amide bonds. The SMILES string of the molecule is O=c1c2cc(Cc3ccccc3)sc2[nH]c(=S)n1Cc1ccccn1. The van der Waals surface area contributed by atoms with Crippen molar-refractivity contribution in [2.75, 3.05) is 0 Å². The van der Waals surface area contributed by atoms with Crippen molar-refractivity contribution in [3.8, 4) is 0 Å². The number of hydrogen-bond acceptors (Lipinski definition) is 4. The van der Waals surface area contributed by atoms with Crippen LogP contribution in [0.2, 0.25) is 0 Å². The maximum atomic E-state index is 12.9. The van der Waals surface area contributed by atoms with Crippen LogP contribution in [0.4, 0.5) is 0 Å². The van der Waals surface area contributed by atoms with Gasteiger partial charge in [-0.2, -0.15) is 0 Å². The molecule has 25 heavy (non-hydrogen) atoms. The molecule has 0 aliphatic heterocycles. The third-order valence-corrected chi connectivity index (χ3v) is 5.36. The van der Waals surface area contributed by atoms with Gasteiger partial charge in [-0.05, 0) is 36.0 Å². The molecule has 4 rings (SSSR count). The molecule has 0 unspecified atom stereocenters. The summed E-state index contributed by atoms with van der Waals surface area (Å²) < 4.78 is 2.00. The summed E-state index contributed by atoms with van der Waals surface area (Å²) in [5.74, 6) is 0. The highest BCUT2D eigenvalue weighted by Gasteiger charge is 2.11. The number of thiophene rings is 1. The van der Waals surface area contributed by atoms with Gasteiger partial charge in [0, 0.05) is 17.5 Å². The number of aromatic nitrogens is 3. The smallest absolute Gasteiger partial charge is 0.263 e. The van der Waals surface area contributed by atoms with Crippen molar-refractivity contribution in [3.05, 3.63) is 92.1 Å². The molecule has 0 fully saturated rings. The van der Waals surface area contributed by atoms with E-state index in [0.717, 1.165) is 21.8 Å². The number of fused-ring (bicyclic) bond motifs is 1. The fraction of sp³-hybridized carbons (Fsp3) is 0.105. The molecule has 0 saturated heterocycles. The molecule has 6 heteroatoms. The molecule has 0 atom stereocenters. The van der Waals surface area contributed by atoms with E-state index in [-0.39, 0.29) is 5.56 Å². The van der Waals surface area contributed by atoms with E-state index in [0.29, 0.717) is 16.7 Å². The molecule has 124 valence electrons. The molecule has 3 aromatic heterocycles. The maximum absolute atomic E-state index is 12.9. The van der Waals surface area contributed by atoms with Crippen molar-refractivity contribution in [1.29, 1.82) is 0 Å². The standard InChI is InChI=1S/C19H15N3OS2/c23-18-16-11-15(10-13-6-2-1-3-7-13)25-17(16)21-19(24)22(18)12-14-8-4-5-9-20-14/h1-9,11H,10,12H2,(H,21,24). The van der Waals surface area contributed by atoms with Gasteiger partial charge in [0.1, 0.15) is 4.83 Å². The average molecular weight is 365 g/mol. The highest BCUT2D eigenvalue weighted by Crippen LogP contribution is 2.23. The Morgan fingerprint density at radius 2 is 1.92 bits per heavy atom. The number of H-pyrrole nitrogens is 1. The largest absolute Gasteiger partial charge is 0.323 e. The van der Waals surface area contributed by atoms with Gasteiger partial charge >= 0.3 is 0 Å². The summed E-state index contributed by atoms with van der Waals surface area (Å²) in [5.41, 5.74) is 1.96. The molecule has 0 aliphatic rings. The van der Waals surface area contributed by atoms with Crippen LogP contribution >= 0.6 is 23.6 Å². The number of rotatable bonds is 4. The van der Waals surface area contributed by atoms with Crippen LogP contribution in [0.15, 0.2) is 65.6 Å². The summed E-state index contributed by atoms with van der Waals surface area (Å²) in [7, 11) is 0. The van der Waals surface area contributed by atoms with Gasteiger partial charge in [0.05, 0.1) is 17.6 Å². The fourth-order valence-electron chi connectivity index (χ4n) is 2.78. The minimum Gasteiger partial charge on any atom is -0.323 e. The topological polar surface area (TPSA) is 50.7 Å². The summed E-state index contributed by atoms with van der Waals surface area (Å²) in [4.78, 5) is 22.3. The quantitative estimate of drug-likeness (QED) is 0.553. The van der Waals surface area contributed by atoms with Crippen LogP contribution in [-0.4, -0.2) is 14.5 Å². The van der Waals surface area contributed by atoms with Crippen LogP contribution in [0.25, 0.3) is 10.2 Å². The van der Waals surface area contributed by atoms with Crippen molar-refractivity contribution in [2.45, 2.75) is 13.0 Å². The maximum Gasteiger partial charge on any atom is 0.263 e. The zero-order valence-electron chi connectivity index (χ0n) is 13.3. The first kappa shape index (κ1) is 15.9. The lowest BCUT2D eigenvalue weighted by Gasteiger charge is -2.05. The van der Waals surface area contributed by atoms with Crippen LogP contribution < -0.4 is 5.56 Å². The molecule has 4 aromatic rings. The van der Waals surface area contributed by atoms with Crippen LogP contribution in [0, 0.1) is 4.77 Å². The van der Waals surface area contributed by atoms with E-state index in [9.17, 15) is 4.79 Å². The van der Waals surface area contributed by atoms with Gasteiger partial charge in [0.2, 0.25) is 0 Å². The number of benzene rings is 1. The second-order valence-electron chi connectivity index (χ2n) is 5.76. The van der Waals surface area contributed by atoms with Crippen molar-refractivity contribution in [1.82, 2.24) is 14.5 Å². The van der Waals surface area contributed by atoms with Gasteiger partial charge < -0.3 is 4.98 Å². The summed E-state index contributed by atoms with van der Waals surface area (Å²) in [6.45, 7) is 0.370. The summed E-state index contributed by atoms with van der Waals surface area (Å²) in [6.07, 6.45) is 2.52. The van der Waals surface area contributed by atoms with Gasteiger partial charge in [-0.25, -0.2) is 0 Å². The van der Waals surface area contributed by atoms with Crippen LogP contribution in [-0.2, 0) is 13.0 Å². The predicted octanol–water partition coefficient (Wildman–Crippen LogP) is 4.15. The monoisotopic (exact) mass is 365 g/mol. The molecule has 0 saturated carbocycles. The zero-order valence-corrected chi connectivity index (χ0v) is 14.9. The van der Waals surface area contributed by atoms with E-state index in [1.807, 2.05) is 42.5 Å². The Balaban J connectivity index is 1.74. The molecule has 0 spiro atoms. The first-order chi connectivity index (χ1) is 12.2. The molecule has 0 bridgehead atoms. The van der Waals surface area contributed by atoms with Crippen LogP contribution in [0.1, 0.15) is 16.1 Å². The third kappa shape index (κ3) is 3.31. The van der Waals surface area contributed by atoms with Crippen molar-refractivity contribution < 1.29 is 0 Å². The van der Waals surface area contributed by atoms with Crippen LogP contribution in [0.5, 0.6) is 0 Å². The Morgan fingerprint density at radius 1 is 1.12 bits per heavy atom. The highest BCUT2D eigenvalue weighted by atomic mass is 32.1. The Hall–Kier alpha value is -2.57. The summed E-state index contributed by atoms with van der Waals surface area (Å²) >= 11 is 6.98. The first-order valence-corrected chi connectivity index (χ1v) is 9.12. The van der Waals surface area contributed by atoms with E-state index in [1.54, 1.807) is 22.1 Å². The lowest BCUT2D eigenvalue weighted by atomic mass is 10.1. The minimum atomic E-state index is -0.0695. The van der Waals surface area contributed by atoms with Gasteiger partial charge in [0.25, 0.3) is 5.56 Å². The Bertz CT molecular complexity index is 1130. The Morgan fingerprint density at radius 3 is 2.68 bits per heavy atom. The van der Waals surface area contributed by atoms with Crippen molar-refractivity contribution >= 4 is 33.8 Å². The predicted molar refractivity (Wildman–Crippen MR) is 104 cm³/mol. The average Bonchev–Trinajstić information content (AvgIpc) is 3.03. The lowest BCUT2D eigenvalue weighted by molar-refractivity contribution is 0.718. The van der Waals surface area contributed by atoms with Crippen molar-refractivity contribution in [2.24, 2.45) is 0 Å². The number of aromatic amines is 1. The molecule has 0 aliphatic carbocycles. The second-order valence-corrected chi connectivity index (χ2v) is 7.28. The Kier molecular flexibility index (Phi) is 4.29. The zero-order chi connectivity index (χ0) is 17.2. The van der Waals surface area contributed by atoms with E-state index in [1.165, 1.54) is 5.56 Å². The van der Waals surface area contributed by atoms with Gasteiger partial charge in [-0.1, -0.05) is 36.4 Å². The number of pyridine rings is 1. The highest BCUT2D eigenvalue weighted by molar-refractivity contribution is 7.71. The minimum absolute atomic E-state index is 0.0695. The molecular formula is C19H15N3OS2. The number of hydrogen-bond donors (Lipinski definition) is 1. The van der Waals surface area contributed by atoms with Crippen molar-refractivity contribution in [3.63, 3.8) is 0 Å². The molecule has 3 heterocycles. The van der Waals surface area contributed by atoms with Gasteiger partial charge in [0.15, 0.2) is 4.77 Å². The van der Waals surface area contributed by atoms with Gasteiger partial charge in [-0.3, -0.25) is 14.3 Å². The van der Waals surface area contributed by atoms with E-state index in [4.69, 9.17) is 12.2 Å².